The number of alkyl halides is 1. The SMILES string of the molecule is CC1CN(C)CCCN1CCCl. The van der Waals surface area contributed by atoms with Crippen LogP contribution in [0.1, 0.15) is 13.3 Å². The van der Waals surface area contributed by atoms with E-state index in [-0.39, 0.29) is 0 Å². The Morgan fingerprint density at radius 3 is 2.83 bits per heavy atom. The number of halogens is 1. The van der Waals surface area contributed by atoms with Gasteiger partial charge in [0.1, 0.15) is 0 Å². The minimum absolute atomic E-state index is 0.663. The molecule has 0 aromatic rings. The van der Waals surface area contributed by atoms with E-state index in [9.17, 15) is 0 Å². The lowest BCUT2D eigenvalue weighted by Gasteiger charge is -2.26. The van der Waals surface area contributed by atoms with Crippen LogP contribution in [0.5, 0.6) is 0 Å². The summed E-state index contributed by atoms with van der Waals surface area (Å²) in [5.41, 5.74) is 0. The second kappa shape index (κ2) is 5.05. The molecule has 1 fully saturated rings. The van der Waals surface area contributed by atoms with Crippen LogP contribution in [0.25, 0.3) is 0 Å². The third kappa shape index (κ3) is 2.92. The molecule has 1 heterocycles. The average molecular weight is 191 g/mol. The van der Waals surface area contributed by atoms with Crippen LogP contribution in [0.4, 0.5) is 0 Å². The van der Waals surface area contributed by atoms with Gasteiger partial charge >= 0.3 is 0 Å². The molecule has 0 saturated carbocycles. The molecule has 0 aliphatic carbocycles. The molecule has 2 nitrogen and oxygen atoms in total. The molecule has 3 heteroatoms. The molecule has 1 unspecified atom stereocenters. The minimum Gasteiger partial charge on any atom is -0.305 e. The molecule has 1 aliphatic heterocycles. The molecule has 1 aliphatic rings. The van der Waals surface area contributed by atoms with Crippen molar-refractivity contribution in [2.75, 3.05) is 39.1 Å². The summed E-state index contributed by atoms with van der Waals surface area (Å²) in [5, 5.41) is 0. The van der Waals surface area contributed by atoms with E-state index in [1.165, 1.54) is 26.1 Å². The molecule has 0 aromatic carbocycles. The zero-order valence-electron chi connectivity index (χ0n) is 8.09. The van der Waals surface area contributed by atoms with Crippen LogP contribution in [0.2, 0.25) is 0 Å². The van der Waals surface area contributed by atoms with Crippen LogP contribution >= 0.6 is 11.6 Å². The van der Waals surface area contributed by atoms with Gasteiger partial charge in [-0.15, -0.1) is 11.6 Å². The van der Waals surface area contributed by atoms with Crippen molar-refractivity contribution in [2.24, 2.45) is 0 Å². The first-order valence-electron chi connectivity index (χ1n) is 4.72. The van der Waals surface area contributed by atoms with Crippen LogP contribution < -0.4 is 0 Å². The number of nitrogens with zero attached hydrogens (tertiary/aromatic N) is 2. The maximum atomic E-state index is 5.73. The van der Waals surface area contributed by atoms with Gasteiger partial charge in [0.25, 0.3) is 0 Å². The summed E-state index contributed by atoms with van der Waals surface area (Å²) in [4.78, 5) is 4.88. The quantitative estimate of drug-likeness (QED) is 0.605. The Morgan fingerprint density at radius 1 is 1.42 bits per heavy atom. The minimum atomic E-state index is 0.663. The van der Waals surface area contributed by atoms with Crippen LogP contribution in [0.15, 0.2) is 0 Å². The van der Waals surface area contributed by atoms with Gasteiger partial charge in [0, 0.05) is 25.0 Å². The standard InChI is InChI=1S/C9H19ClN2/c1-9-8-11(2)5-3-6-12(9)7-4-10/h9H,3-8H2,1-2H3. The molecule has 0 aromatic heterocycles. The van der Waals surface area contributed by atoms with Crippen LogP contribution in [0.3, 0.4) is 0 Å². The van der Waals surface area contributed by atoms with Crippen molar-refractivity contribution in [2.45, 2.75) is 19.4 Å². The highest BCUT2D eigenvalue weighted by molar-refractivity contribution is 6.18. The van der Waals surface area contributed by atoms with E-state index in [1.54, 1.807) is 0 Å². The largest absolute Gasteiger partial charge is 0.305 e. The molecule has 0 N–H and O–H groups in total. The zero-order chi connectivity index (χ0) is 8.97. The number of likely N-dealkylation sites (N-methyl/N-ethyl adjacent to an activating group) is 1. The maximum Gasteiger partial charge on any atom is 0.0351 e. The topological polar surface area (TPSA) is 6.48 Å². The smallest absolute Gasteiger partial charge is 0.0351 e. The fourth-order valence-corrected chi connectivity index (χ4v) is 2.08. The Balaban J connectivity index is 2.40. The van der Waals surface area contributed by atoms with Gasteiger partial charge in [0.05, 0.1) is 0 Å². The molecule has 1 atom stereocenters. The molecule has 1 rings (SSSR count). The molecule has 1 saturated heterocycles. The Hall–Kier alpha value is 0.210. The summed E-state index contributed by atoms with van der Waals surface area (Å²) >= 11 is 5.73. The van der Waals surface area contributed by atoms with Crippen molar-refractivity contribution in [3.63, 3.8) is 0 Å². The van der Waals surface area contributed by atoms with Gasteiger partial charge in [-0.3, -0.25) is 4.90 Å². The van der Waals surface area contributed by atoms with E-state index in [4.69, 9.17) is 11.6 Å². The highest BCUT2D eigenvalue weighted by Gasteiger charge is 2.18. The van der Waals surface area contributed by atoms with Gasteiger partial charge < -0.3 is 4.90 Å². The predicted octanol–water partition coefficient (Wildman–Crippen LogP) is 1.25. The highest BCUT2D eigenvalue weighted by atomic mass is 35.5. The van der Waals surface area contributed by atoms with E-state index in [0.717, 1.165) is 12.4 Å². The van der Waals surface area contributed by atoms with Crippen molar-refractivity contribution < 1.29 is 0 Å². The van der Waals surface area contributed by atoms with Gasteiger partial charge in [0.15, 0.2) is 0 Å². The first-order chi connectivity index (χ1) is 5.74. The average Bonchev–Trinajstić information content (AvgIpc) is 2.15. The van der Waals surface area contributed by atoms with Gasteiger partial charge in [0.2, 0.25) is 0 Å². The molecule has 0 amide bonds. The van der Waals surface area contributed by atoms with Crippen LogP contribution in [-0.2, 0) is 0 Å². The fraction of sp³-hybridized carbons (Fsp3) is 1.00. The van der Waals surface area contributed by atoms with E-state index in [2.05, 4.69) is 23.8 Å². The Morgan fingerprint density at radius 2 is 2.17 bits per heavy atom. The third-order valence-electron chi connectivity index (χ3n) is 2.56. The summed E-state index contributed by atoms with van der Waals surface area (Å²) in [6.07, 6.45) is 1.28. The van der Waals surface area contributed by atoms with E-state index in [0.29, 0.717) is 6.04 Å². The normalized spacial score (nSPS) is 28.8. The van der Waals surface area contributed by atoms with Crippen molar-refractivity contribution in [1.82, 2.24) is 9.80 Å². The van der Waals surface area contributed by atoms with Gasteiger partial charge in [-0.1, -0.05) is 0 Å². The fourth-order valence-electron chi connectivity index (χ4n) is 1.86. The molecule has 0 radical (unpaired) electrons. The molecular weight excluding hydrogens is 172 g/mol. The third-order valence-corrected chi connectivity index (χ3v) is 2.73. The predicted molar refractivity (Wildman–Crippen MR) is 53.9 cm³/mol. The Kier molecular flexibility index (Phi) is 4.33. The number of rotatable bonds is 2. The molecule has 72 valence electrons. The zero-order valence-corrected chi connectivity index (χ0v) is 8.85. The Bertz CT molecular complexity index is 130. The first kappa shape index (κ1) is 10.3. The molecular formula is C9H19ClN2. The number of hydrogen-bond donors (Lipinski definition) is 0. The maximum absolute atomic E-state index is 5.73. The second-order valence-electron chi connectivity index (χ2n) is 3.69. The van der Waals surface area contributed by atoms with Gasteiger partial charge in [-0.05, 0) is 33.5 Å². The van der Waals surface area contributed by atoms with Gasteiger partial charge in [-0.2, -0.15) is 0 Å². The highest BCUT2D eigenvalue weighted by Crippen LogP contribution is 2.07. The second-order valence-corrected chi connectivity index (χ2v) is 4.07. The summed E-state index contributed by atoms with van der Waals surface area (Å²) in [7, 11) is 2.20. The summed E-state index contributed by atoms with van der Waals surface area (Å²) in [5.74, 6) is 0.758. The van der Waals surface area contributed by atoms with E-state index >= 15 is 0 Å². The lowest BCUT2D eigenvalue weighted by atomic mass is 10.3. The Labute approximate surface area is 80.5 Å². The van der Waals surface area contributed by atoms with Crippen LogP contribution in [-0.4, -0.2) is 54.9 Å². The summed E-state index contributed by atoms with van der Waals surface area (Å²) in [6, 6.07) is 0.663. The van der Waals surface area contributed by atoms with Crippen molar-refractivity contribution in [3.8, 4) is 0 Å². The van der Waals surface area contributed by atoms with Crippen molar-refractivity contribution in [1.29, 1.82) is 0 Å². The monoisotopic (exact) mass is 190 g/mol. The molecule has 12 heavy (non-hydrogen) atoms. The van der Waals surface area contributed by atoms with Gasteiger partial charge in [-0.25, -0.2) is 0 Å². The van der Waals surface area contributed by atoms with Crippen molar-refractivity contribution in [3.05, 3.63) is 0 Å². The van der Waals surface area contributed by atoms with E-state index < -0.39 is 0 Å². The number of hydrogen-bond acceptors (Lipinski definition) is 2. The summed E-state index contributed by atoms with van der Waals surface area (Å²) < 4.78 is 0. The molecule has 0 spiro atoms. The lowest BCUT2D eigenvalue weighted by Crippen LogP contribution is -2.38. The first-order valence-corrected chi connectivity index (χ1v) is 5.26. The van der Waals surface area contributed by atoms with Crippen LogP contribution in [0, 0.1) is 0 Å². The summed E-state index contributed by atoms with van der Waals surface area (Å²) in [6.45, 7) is 6.93. The van der Waals surface area contributed by atoms with Crippen molar-refractivity contribution >= 4 is 11.6 Å². The van der Waals surface area contributed by atoms with E-state index in [1.807, 2.05) is 0 Å². The molecule has 0 bridgehead atoms. The lowest BCUT2D eigenvalue weighted by molar-refractivity contribution is 0.213.